The summed E-state index contributed by atoms with van der Waals surface area (Å²) in [5, 5.41) is 2.45. The Bertz CT molecular complexity index is 1210. The van der Waals surface area contributed by atoms with Crippen LogP contribution in [-0.4, -0.2) is 22.9 Å². The van der Waals surface area contributed by atoms with Gasteiger partial charge in [-0.15, -0.1) is 0 Å². The number of rotatable bonds is 2. The van der Waals surface area contributed by atoms with Crippen LogP contribution in [0.5, 0.6) is 0 Å². The Morgan fingerprint density at radius 3 is 1.94 bits per heavy atom. The molecule has 1 fully saturated rings. The summed E-state index contributed by atoms with van der Waals surface area (Å²) in [5.41, 5.74) is 5.20. The minimum Gasteiger partial charge on any atom is -0.399 e. The molecule has 0 saturated carbocycles. The third kappa shape index (κ3) is 3.58. The summed E-state index contributed by atoms with van der Waals surface area (Å²) >= 11 is 0. The minimum absolute atomic E-state index is 0.345. The molecule has 4 heteroatoms. The van der Waals surface area contributed by atoms with E-state index in [9.17, 15) is 0 Å². The van der Waals surface area contributed by atoms with Crippen molar-refractivity contribution >= 4 is 34.4 Å². The Hall–Kier alpha value is -2.56. The summed E-state index contributed by atoms with van der Waals surface area (Å²) in [5.74, 6) is 0. The van der Waals surface area contributed by atoms with E-state index in [0.29, 0.717) is 0 Å². The van der Waals surface area contributed by atoms with Gasteiger partial charge in [-0.05, 0) is 64.3 Å². The molecule has 0 spiro atoms. The van der Waals surface area contributed by atoms with Gasteiger partial charge in [-0.1, -0.05) is 61.9 Å². The van der Waals surface area contributed by atoms with Crippen LogP contribution in [0.4, 0.5) is 0 Å². The van der Waals surface area contributed by atoms with Crippen LogP contribution in [0, 0.1) is 6.92 Å². The zero-order valence-corrected chi connectivity index (χ0v) is 19.7. The number of benzene rings is 3. The molecule has 1 aliphatic rings. The van der Waals surface area contributed by atoms with Gasteiger partial charge in [0.15, 0.2) is 0 Å². The molecule has 3 nitrogen and oxygen atoms in total. The van der Waals surface area contributed by atoms with Gasteiger partial charge in [-0.3, -0.25) is 0 Å². The quantitative estimate of drug-likeness (QED) is 0.354. The van der Waals surface area contributed by atoms with Crippen LogP contribution in [0.15, 0.2) is 66.7 Å². The Morgan fingerprint density at radius 1 is 0.710 bits per heavy atom. The van der Waals surface area contributed by atoms with E-state index in [1.165, 1.54) is 33.1 Å². The lowest BCUT2D eigenvalue weighted by Crippen LogP contribution is -2.41. The van der Waals surface area contributed by atoms with Crippen molar-refractivity contribution in [2.24, 2.45) is 0 Å². The van der Waals surface area contributed by atoms with Crippen LogP contribution in [0.2, 0.25) is 0 Å². The van der Waals surface area contributed by atoms with Gasteiger partial charge in [0.1, 0.15) is 0 Å². The maximum Gasteiger partial charge on any atom is 0.494 e. The van der Waals surface area contributed by atoms with Gasteiger partial charge in [0.2, 0.25) is 0 Å². The molecular formula is C27H32BNO2. The fourth-order valence-corrected chi connectivity index (χ4v) is 4.09. The second-order valence-electron chi connectivity index (χ2n) is 9.05. The van der Waals surface area contributed by atoms with Crippen LogP contribution >= 0.6 is 0 Å². The van der Waals surface area contributed by atoms with E-state index in [0.717, 1.165) is 5.46 Å². The predicted molar refractivity (Wildman–Crippen MR) is 133 cm³/mol. The van der Waals surface area contributed by atoms with Crippen LogP contribution in [0.25, 0.3) is 27.5 Å². The molecule has 1 aliphatic heterocycles. The number of hydrogen-bond acceptors (Lipinski definition) is 2. The van der Waals surface area contributed by atoms with Gasteiger partial charge < -0.3 is 13.9 Å². The Morgan fingerprint density at radius 2 is 1.29 bits per heavy atom. The predicted octanol–water partition coefficient (Wildman–Crippen LogP) is 6.42. The average Bonchev–Trinajstić information content (AvgIpc) is 3.20. The van der Waals surface area contributed by atoms with Gasteiger partial charge in [0.25, 0.3) is 0 Å². The maximum atomic E-state index is 6.29. The zero-order valence-electron chi connectivity index (χ0n) is 19.7. The van der Waals surface area contributed by atoms with Crippen molar-refractivity contribution < 1.29 is 9.31 Å². The fraction of sp³-hybridized carbons (Fsp3) is 0.333. The lowest BCUT2D eigenvalue weighted by atomic mass is 9.78. The number of fused-ring (bicyclic) bond motifs is 3. The number of aryl methyl sites for hydroxylation is 1. The van der Waals surface area contributed by atoms with Gasteiger partial charge in [0, 0.05) is 16.5 Å². The summed E-state index contributed by atoms with van der Waals surface area (Å²) in [6.45, 7) is 14.5. The van der Waals surface area contributed by atoms with Crippen LogP contribution in [0.1, 0.15) is 47.1 Å². The van der Waals surface area contributed by atoms with Gasteiger partial charge >= 0.3 is 7.12 Å². The molecule has 31 heavy (non-hydrogen) atoms. The van der Waals surface area contributed by atoms with E-state index in [-0.39, 0.29) is 18.3 Å². The van der Waals surface area contributed by atoms with Crippen LogP contribution in [0.3, 0.4) is 0 Å². The molecule has 0 amide bonds. The SMILES string of the molecule is CC.Cc1ccc(-n2c3ccccc3c3cc(B4OC(C)(C)C(C)(C)O4)ccc32)cc1. The molecule has 3 aromatic carbocycles. The highest BCUT2D eigenvalue weighted by Crippen LogP contribution is 2.37. The molecule has 0 N–H and O–H groups in total. The van der Waals surface area contributed by atoms with Crippen molar-refractivity contribution in [1.82, 2.24) is 4.57 Å². The molecular weight excluding hydrogens is 381 g/mol. The molecule has 0 bridgehead atoms. The van der Waals surface area contributed by atoms with E-state index in [2.05, 4.69) is 106 Å². The summed E-state index contributed by atoms with van der Waals surface area (Å²) < 4.78 is 14.9. The molecule has 0 radical (unpaired) electrons. The first-order valence-electron chi connectivity index (χ1n) is 11.2. The smallest absolute Gasteiger partial charge is 0.399 e. The normalized spacial score (nSPS) is 17.1. The maximum absolute atomic E-state index is 6.29. The van der Waals surface area contributed by atoms with Gasteiger partial charge in [-0.25, -0.2) is 0 Å². The Balaban J connectivity index is 0.00000112. The third-order valence-electron chi connectivity index (χ3n) is 6.51. The molecule has 5 rings (SSSR count). The second-order valence-corrected chi connectivity index (χ2v) is 9.05. The molecule has 160 valence electrons. The lowest BCUT2D eigenvalue weighted by molar-refractivity contribution is 0.00578. The molecule has 0 aliphatic carbocycles. The van der Waals surface area contributed by atoms with Crippen molar-refractivity contribution in [1.29, 1.82) is 0 Å². The van der Waals surface area contributed by atoms with Crippen molar-refractivity contribution in [2.45, 2.75) is 59.7 Å². The minimum atomic E-state index is -0.356. The summed E-state index contributed by atoms with van der Waals surface area (Å²) in [6, 6.07) is 23.8. The lowest BCUT2D eigenvalue weighted by Gasteiger charge is -2.32. The Labute approximate surface area is 186 Å². The van der Waals surface area contributed by atoms with Crippen molar-refractivity contribution in [2.75, 3.05) is 0 Å². The molecule has 1 aromatic heterocycles. The average molecular weight is 413 g/mol. The Kier molecular flexibility index (Phi) is 5.49. The first-order chi connectivity index (χ1) is 14.8. The summed E-state index contributed by atoms with van der Waals surface area (Å²) in [6.07, 6.45) is 0. The standard InChI is InChI=1S/C25H26BNO2.C2H6/c1-17-10-13-19(14-11-17)27-22-9-7-6-8-20(22)21-16-18(12-15-23(21)27)26-28-24(2,3)25(4,5)29-26;1-2/h6-16H,1-5H3;1-2H3. The zero-order chi connectivity index (χ0) is 22.4. The summed E-state index contributed by atoms with van der Waals surface area (Å²) in [7, 11) is -0.356. The highest BCUT2D eigenvalue weighted by atomic mass is 16.7. The summed E-state index contributed by atoms with van der Waals surface area (Å²) in [4.78, 5) is 0. The number of aromatic nitrogens is 1. The third-order valence-corrected chi connectivity index (χ3v) is 6.51. The van der Waals surface area contributed by atoms with Crippen LogP contribution < -0.4 is 5.46 Å². The van der Waals surface area contributed by atoms with Gasteiger partial charge in [0.05, 0.1) is 22.2 Å². The molecule has 2 heterocycles. The highest BCUT2D eigenvalue weighted by Gasteiger charge is 2.51. The molecule has 4 aromatic rings. The topological polar surface area (TPSA) is 23.4 Å². The molecule has 1 saturated heterocycles. The first-order valence-corrected chi connectivity index (χ1v) is 11.2. The van der Waals surface area contributed by atoms with Crippen molar-refractivity contribution in [3.05, 3.63) is 72.3 Å². The fourth-order valence-electron chi connectivity index (χ4n) is 4.09. The monoisotopic (exact) mass is 413 g/mol. The van der Waals surface area contributed by atoms with E-state index in [1.54, 1.807) is 0 Å². The van der Waals surface area contributed by atoms with E-state index >= 15 is 0 Å². The largest absolute Gasteiger partial charge is 0.494 e. The first kappa shape index (κ1) is 21.7. The van der Waals surface area contributed by atoms with Crippen molar-refractivity contribution in [3.8, 4) is 5.69 Å². The van der Waals surface area contributed by atoms with Crippen LogP contribution in [-0.2, 0) is 9.31 Å². The van der Waals surface area contributed by atoms with E-state index in [1.807, 2.05) is 13.8 Å². The number of para-hydroxylation sites is 1. The molecule has 0 atom stereocenters. The molecule has 0 unspecified atom stereocenters. The van der Waals surface area contributed by atoms with E-state index in [4.69, 9.17) is 9.31 Å². The number of nitrogens with zero attached hydrogens (tertiary/aromatic N) is 1. The number of hydrogen-bond donors (Lipinski definition) is 0. The van der Waals surface area contributed by atoms with E-state index < -0.39 is 0 Å². The van der Waals surface area contributed by atoms with Crippen molar-refractivity contribution in [3.63, 3.8) is 0 Å². The van der Waals surface area contributed by atoms with Gasteiger partial charge in [-0.2, -0.15) is 0 Å². The highest BCUT2D eigenvalue weighted by molar-refractivity contribution is 6.62. The second kappa shape index (κ2) is 7.85.